The van der Waals surface area contributed by atoms with Crippen molar-refractivity contribution in [1.82, 2.24) is 9.97 Å². The lowest BCUT2D eigenvalue weighted by Crippen LogP contribution is -2.06. The van der Waals surface area contributed by atoms with E-state index in [0.29, 0.717) is 5.92 Å². The molecule has 0 aliphatic heterocycles. The molecule has 1 aromatic heterocycles. The van der Waals surface area contributed by atoms with Gasteiger partial charge >= 0.3 is 0 Å². The van der Waals surface area contributed by atoms with E-state index in [4.69, 9.17) is 0 Å². The van der Waals surface area contributed by atoms with Gasteiger partial charge in [0.05, 0.1) is 0 Å². The largest absolute Gasteiger partial charge is 0.370 e. The van der Waals surface area contributed by atoms with Gasteiger partial charge in [-0.15, -0.1) is 0 Å². The standard InChI is InChI=1S/C16H19FN4/c1-3-18-14-9-15(21-16(20-14)11-4-5-11)19-13-7-6-12(17)8-10(13)2/h6-9,11H,3-5H2,1-2H3,(H2,18,19,20,21). The number of benzene rings is 1. The maximum atomic E-state index is 13.2. The van der Waals surface area contributed by atoms with Crippen LogP contribution in [0.4, 0.5) is 21.7 Å². The summed E-state index contributed by atoms with van der Waals surface area (Å²) < 4.78 is 13.2. The van der Waals surface area contributed by atoms with Gasteiger partial charge in [-0.25, -0.2) is 14.4 Å². The average molecular weight is 286 g/mol. The zero-order valence-electron chi connectivity index (χ0n) is 12.3. The summed E-state index contributed by atoms with van der Waals surface area (Å²) >= 11 is 0. The summed E-state index contributed by atoms with van der Waals surface area (Å²) in [4.78, 5) is 9.12. The van der Waals surface area contributed by atoms with Gasteiger partial charge in [-0.2, -0.15) is 0 Å². The zero-order valence-corrected chi connectivity index (χ0v) is 12.3. The van der Waals surface area contributed by atoms with Gasteiger partial charge in [0.15, 0.2) is 0 Å². The van der Waals surface area contributed by atoms with Crippen molar-refractivity contribution in [3.8, 4) is 0 Å². The number of nitrogens with zero attached hydrogens (tertiary/aromatic N) is 2. The molecule has 2 aromatic rings. The summed E-state index contributed by atoms with van der Waals surface area (Å²) in [5.41, 5.74) is 1.71. The third-order valence-electron chi connectivity index (χ3n) is 3.50. The molecule has 0 bridgehead atoms. The maximum absolute atomic E-state index is 13.2. The van der Waals surface area contributed by atoms with E-state index in [-0.39, 0.29) is 5.82 Å². The molecule has 1 saturated carbocycles. The van der Waals surface area contributed by atoms with Crippen LogP contribution in [0.1, 0.15) is 37.1 Å². The summed E-state index contributed by atoms with van der Waals surface area (Å²) in [5.74, 6) is 2.72. The van der Waals surface area contributed by atoms with Crippen molar-refractivity contribution in [2.75, 3.05) is 17.2 Å². The molecule has 1 fully saturated rings. The number of halogens is 1. The highest BCUT2D eigenvalue weighted by Gasteiger charge is 2.27. The molecular weight excluding hydrogens is 267 g/mol. The smallest absolute Gasteiger partial charge is 0.136 e. The van der Waals surface area contributed by atoms with Crippen molar-refractivity contribution >= 4 is 17.3 Å². The topological polar surface area (TPSA) is 49.8 Å². The van der Waals surface area contributed by atoms with Crippen LogP contribution in [0.3, 0.4) is 0 Å². The Labute approximate surface area is 123 Å². The van der Waals surface area contributed by atoms with Crippen LogP contribution in [0.15, 0.2) is 24.3 Å². The van der Waals surface area contributed by atoms with Gasteiger partial charge in [-0.3, -0.25) is 0 Å². The van der Waals surface area contributed by atoms with E-state index in [1.54, 1.807) is 6.07 Å². The van der Waals surface area contributed by atoms with Gasteiger partial charge in [0, 0.05) is 24.2 Å². The monoisotopic (exact) mass is 286 g/mol. The summed E-state index contributed by atoms with van der Waals surface area (Å²) in [6, 6.07) is 6.58. The normalized spacial score (nSPS) is 14.0. The van der Waals surface area contributed by atoms with E-state index in [1.165, 1.54) is 12.1 Å². The molecule has 0 radical (unpaired) electrons. The van der Waals surface area contributed by atoms with Gasteiger partial charge in [0.25, 0.3) is 0 Å². The number of hydrogen-bond acceptors (Lipinski definition) is 4. The molecule has 1 aromatic carbocycles. The first-order chi connectivity index (χ1) is 10.2. The highest BCUT2D eigenvalue weighted by Crippen LogP contribution is 2.39. The highest BCUT2D eigenvalue weighted by molar-refractivity contribution is 5.62. The molecule has 0 unspecified atom stereocenters. The predicted molar refractivity (Wildman–Crippen MR) is 82.6 cm³/mol. The van der Waals surface area contributed by atoms with Crippen LogP contribution < -0.4 is 10.6 Å². The van der Waals surface area contributed by atoms with Crippen LogP contribution in [0.25, 0.3) is 0 Å². The second-order valence-corrected chi connectivity index (χ2v) is 5.39. The fourth-order valence-electron chi connectivity index (χ4n) is 2.23. The second kappa shape index (κ2) is 5.68. The Morgan fingerprint density at radius 3 is 2.62 bits per heavy atom. The second-order valence-electron chi connectivity index (χ2n) is 5.39. The minimum atomic E-state index is -0.229. The lowest BCUT2D eigenvalue weighted by molar-refractivity contribution is 0.627. The van der Waals surface area contributed by atoms with Crippen molar-refractivity contribution in [3.63, 3.8) is 0 Å². The van der Waals surface area contributed by atoms with Crippen LogP contribution in [-0.4, -0.2) is 16.5 Å². The molecule has 5 heteroatoms. The van der Waals surface area contributed by atoms with Gasteiger partial charge in [-0.1, -0.05) is 0 Å². The Morgan fingerprint density at radius 2 is 1.95 bits per heavy atom. The third kappa shape index (κ3) is 3.29. The molecule has 0 spiro atoms. The Balaban J connectivity index is 1.89. The highest BCUT2D eigenvalue weighted by atomic mass is 19.1. The molecule has 3 rings (SSSR count). The van der Waals surface area contributed by atoms with Crippen LogP contribution in [0.5, 0.6) is 0 Å². The fourth-order valence-corrected chi connectivity index (χ4v) is 2.23. The Hall–Kier alpha value is -2.17. The predicted octanol–water partition coefficient (Wildman–Crippen LogP) is 3.98. The molecule has 110 valence electrons. The number of aryl methyl sites for hydroxylation is 1. The molecular formula is C16H19FN4. The molecule has 1 heterocycles. The molecule has 1 aliphatic carbocycles. The minimum Gasteiger partial charge on any atom is -0.370 e. The summed E-state index contributed by atoms with van der Waals surface area (Å²) in [5, 5.41) is 6.49. The fraction of sp³-hybridized carbons (Fsp3) is 0.375. The molecule has 21 heavy (non-hydrogen) atoms. The number of anilines is 3. The zero-order chi connectivity index (χ0) is 14.8. The lowest BCUT2D eigenvalue weighted by Gasteiger charge is -2.12. The Morgan fingerprint density at radius 1 is 1.19 bits per heavy atom. The molecule has 0 amide bonds. The van der Waals surface area contributed by atoms with E-state index in [0.717, 1.165) is 48.1 Å². The van der Waals surface area contributed by atoms with Gasteiger partial charge < -0.3 is 10.6 Å². The summed E-state index contributed by atoms with van der Waals surface area (Å²) in [7, 11) is 0. The number of hydrogen-bond donors (Lipinski definition) is 2. The Kier molecular flexibility index (Phi) is 3.73. The van der Waals surface area contributed by atoms with E-state index >= 15 is 0 Å². The van der Waals surface area contributed by atoms with Crippen LogP contribution in [-0.2, 0) is 0 Å². The van der Waals surface area contributed by atoms with E-state index in [9.17, 15) is 4.39 Å². The number of nitrogens with one attached hydrogen (secondary N) is 2. The van der Waals surface area contributed by atoms with Crippen molar-refractivity contribution in [3.05, 3.63) is 41.5 Å². The Bertz CT molecular complexity index is 653. The van der Waals surface area contributed by atoms with Crippen molar-refractivity contribution in [1.29, 1.82) is 0 Å². The quantitative estimate of drug-likeness (QED) is 0.873. The van der Waals surface area contributed by atoms with Crippen molar-refractivity contribution < 1.29 is 4.39 Å². The first-order valence-electron chi connectivity index (χ1n) is 7.31. The van der Waals surface area contributed by atoms with Crippen LogP contribution in [0, 0.1) is 12.7 Å². The lowest BCUT2D eigenvalue weighted by atomic mass is 10.2. The third-order valence-corrected chi connectivity index (χ3v) is 3.50. The van der Waals surface area contributed by atoms with E-state index < -0.39 is 0 Å². The summed E-state index contributed by atoms with van der Waals surface area (Å²) in [6.45, 7) is 4.73. The molecule has 4 nitrogen and oxygen atoms in total. The van der Waals surface area contributed by atoms with Gasteiger partial charge in [0.1, 0.15) is 23.3 Å². The van der Waals surface area contributed by atoms with E-state index in [1.807, 2.05) is 19.9 Å². The van der Waals surface area contributed by atoms with Crippen LogP contribution >= 0.6 is 0 Å². The van der Waals surface area contributed by atoms with E-state index in [2.05, 4.69) is 20.6 Å². The molecule has 0 saturated heterocycles. The first kappa shape index (κ1) is 13.8. The minimum absolute atomic E-state index is 0.229. The SMILES string of the molecule is CCNc1cc(Nc2ccc(F)cc2C)nc(C2CC2)n1. The van der Waals surface area contributed by atoms with Crippen molar-refractivity contribution in [2.45, 2.75) is 32.6 Å². The molecule has 0 atom stereocenters. The van der Waals surface area contributed by atoms with Gasteiger partial charge in [0.2, 0.25) is 0 Å². The number of aromatic nitrogens is 2. The number of rotatable bonds is 5. The maximum Gasteiger partial charge on any atom is 0.136 e. The van der Waals surface area contributed by atoms with Gasteiger partial charge in [-0.05, 0) is 50.5 Å². The molecule has 2 N–H and O–H groups in total. The van der Waals surface area contributed by atoms with Crippen molar-refractivity contribution in [2.24, 2.45) is 0 Å². The average Bonchev–Trinajstić information content (AvgIpc) is 3.27. The summed E-state index contributed by atoms with van der Waals surface area (Å²) in [6.07, 6.45) is 2.31. The molecule has 1 aliphatic rings. The first-order valence-corrected chi connectivity index (χ1v) is 7.31. The van der Waals surface area contributed by atoms with Crippen LogP contribution in [0.2, 0.25) is 0 Å².